The van der Waals surface area contributed by atoms with Gasteiger partial charge < -0.3 is 15.3 Å². The largest absolute Gasteiger partial charge is 0.481 e. The van der Waals surface area contributed by atoms with Crippen LogP contribution in [-0.4, -0.2) is 47.9 Å². The molecule has 0 aliphatic heterocycles. The van der Waals surface area contributed by atoms with Gasteiger partial charge in [0.15, 0.2) is 0 Å². The number of alkyl halides is 3. The van der Waals surface area contributed by atoms with Crippen molar-refractivity contribution in [3.05, 3.63) is 35.4 Å². The van der Waals surface area contributed by atoms with Crippen LogP contribution in [0.2, 0.25) is 0 Å². The first-order valence-corrected chi connectivity index (χ1v) is 6.52. The molecule has 9 heteroatoms. The molecule has 0 aliphatic carbocycles. The number of rotatable bonds is 6. The minimum absolute atomic E-state index is 0.00961. The molecule has 6 nitrogen and oxygen atoms in total. The Balaban J connectivity index is 2.53. The Bertz CT molecular complexity index is 585. The van der Waals surface area contributed by atoms with E-state index in [1.807, 2.05) is 0 Å². The summed E-state index contributed by atoms with van der Waals surface area (Å²) < 4.78 is 37.2. The van der Waals surface area contributed by atoms with Crippen molar-refractivity contribution in [2.75, 3.05) is 20.1 Å². The van der Waals surface area contributed by atoms with Crippen molar-refractivity contribution in [1.82, 2.24) is 10.2 Å². The van der Waals surface area contributed by atoms with E-state index >= 15 is 0 Å². The lowest BCUT2D eigenvalue weighted by molar-refractivity contribution is -0.139. The number of carbonyl (C=O) groups is 3. The van der Waals surface area contributed by atoms with E-state index in [1.54, 1.807) is 0 Å². The SMILES string of the molecule is CN(CCC(=O)O)C(=O)CNC(=O)c1ccc(C(F)(F)F)cc1. The summed E-state index contributed by atoms with van der Waals surface area (Å²) in [4.78, 5) is 34.9. The van der Waals surface area contributed by atoms with Gasteiger partial charge in [0.25, 0.3) is 5.91 Å². The molecule has 0 atom stereocenters. The van der Waals surface area contributed by atoms with Crippen LogP contribution in [0.3, 0.4) is 0 Å². The van der Waals surface area contributed by atoms with E-state index in [0.717, 1.165) is 29.2 Å². The molecule has 0 aromatic heterocycles. The predicted octanol–water partition coefficient (Wildman–Crippen LogP) is 1.37. The normalized spacial score (nSPS) is 11.0. The third-order valence-electron chi connectivity index (χ3n) is 2.96. The van der Waals surface area contributed by atoms with Crippen LogP contribution in [0.15, 0.2) is 24.3 Å². The fourth-order valence-corrected chi connectivity index (χ4v) is 1.59. The van der Waals surface area contributed by atoms with Crippen molar-refractivity contribution in [2.24, 2.45) is 0 Å². The molecule has 0 spiro atoms. The maximum atomic E-state index is 12.4. The lowest BCUT2D eigenvalue weighted by Crippen LogP contribution is -2.39. The summed E-state index contributed by atoms with van der Waals surface area (Å²) in [5, 5.41) is 10.8. The number of halogens is 3. The van der Waals surface area contributed by atoms with Gasteiger partial charge in [-0.3, -0.25) is 14.4 Å². The molecule has 0 fully saturated rings. The third kappa shape index (κ3) is 5.97. The molecule has 0 heterocycles. The van der Waals surface area contributed by atoms with Crippen LogP contribution in [-0.2, 0) is 15.8 Å². The van der Waals surface area contributed by atoms with Crippen molar-refractivity contribution in [3.8, 4) is 0 Å². The van der Waals surface area contributed by atoms with E-state index < -0.39 is 29.5 Å². The number of nitrogens with one attached hydrogen (secondary N) is 1. The van der Waals surface area contributed by atoms with Crippen molar-refractivity contribution in [1.29, 1.82) is 0 Å². The number of carboxylic acids is 1. The number of hydrogen-bond donors (Lipinski definition) is 2. The van der Waals surface area contributed by atoms with Gasteiger partial charge in [-0.2, -0.15) is 13.2 Å². The number of likely N-dealkylation sites (N-methyl/N-ethyl adjacent to an activating group) is 1. The Morgan fingerprint density at radius 3 is 2.22 bits per heavy atom. The van der Waals surface area contributed by atoms with Gasteiger partial charge in [0.1, 0.15) is 0 Å². The van der Waals surface area contributed by atoms with E-state index in [1.165, 1.54) is 7.05 Å². The van der Waals surface area contributed by atoms with Gasteiger partial charge in [-0.1, -0.05) is 0 Å². The molecule has 2 amide bonds. The second-order valence-corrected chi connectivity index (χ2v) is 4.72. The molecule has 2 N–H and O–H groups in total. The predicted molar refractivity (Wildman–Crippen MR) is 73.7 cm³/mol. The highest BCUT2D eigenvalue weighted by atomic mass is 19.4. The van der Waals surface area contributed by atoms with Crippen LogP contribution in [0.4, 0.5) is 13.2 Å². The Hall–Kier alpha value is -2.58. The molecule has 0 saturated heterocycles. The van der Waals surface area contributed by atoms with Crippen LogP contribution >= 0.6 is 0 Å². The summed E-state index contributed by atoms with van der Waals surface area (Å²) in [6.07, 6.45) is -4.72. The highest BCUT2D eigenvalue weighted by Gasteiger charge is 2.30. The first-order chi connectivity index (χ1) is 10.6. The maximum absolute atomic E-state index is 12.4. The number of hydrogen-bond acceptors (Lipinski definition) is 3. The van der Waals surface area contributed by atoms with Gasteiger partial charge in [0, 0.05) is 19.2 Å². The standard InChI is InChI=1S/C14H15F3N2O4/c1-19(7-6-12(21)22)11(20)8-18-13(23)9-2-4-10(5-3-9)14(15,16)17/h2-5H,6-8H2,1H3,(H,18,23)(H,21,22). The number of amides is 2. The number of nitrogens with zero attached hydrogens (tertiary/aromatic N) is 1. The maximum Gasteiger partial charge on any atom is 0.416 e. The Labute approximate surface area is 129 Å². The molecule has 1 rings (SSSR count). The minimum atomic E-state index is -4.49. The van der Waals surface area contributed by atoms with E-state index in [9.17, 15) is 27.6 Å². The zero-order chi connectivity index (χ0) is 17.6. The Kier molecular flexibility index (Phi) is 6.11. The minimum Gasteiger partial charge on any atom is -0.481 e. The van der Waals surface area contributed by atoms with E-state index in [-0.39, 0.29) is 25.1 Å². The van der Waals surface area contributed by atoms with Gasteiger partial charge in [0.05, 0.1) is 18.5 Å². The molecule has 126 valence electrons. The lowest BCUT2D eigenvalue weighted by Gasteiger charge is -2.16. The van der Waals surface area contributed by atoms with Gasteiger partial charge in [-0.15, -0.1) is 0 Å². The Morgan fingerprint density at radius 1 is 1.17 bits per heavy atom. The van der Waals surface area contributed by atoms with Crippen molar-refractivity contribution in [2.45, 2.75) is 12.6 Å². The summed E-state index contributed by atoms with van der Waals surface area (Å²) >= 11 is 0. The smallest absolute Gasteiger partial charge is 0.416 e. The summed E-state index contributed by atoms with van der Waals surface area (Å²) in [7, 11) is 1.38. The average molecular weight is 332 g/mol. The topological polar surface area (TPSA) is 86.7 Å². The summed E-state index contributed by atoms with van der Waals surface area (Å²) in [6, 6.07) is 3.57. The molecule has 23 heavy (non-hydrogen) atoms. The zero-order valence-corrected chi connectivity index (χ0v) is 12.2. The van der Waals surface area contributed by atoms with Crippen LogP contribution in [0, 0.1) is 0 Å². The summed E-state index contributed by atoms with van der Waals surface area (Å²) in [5.74, 6) is -2.26. The number of carbonyl (C=O) groups excluding carboxylic acids is 2. The highest BCUT2D eigenvalue weighted by Crippen LogP contribution is 2.28. The quantitative estimate of drug-likeness (QED) is 0.824. The van der Waals surface area contributed by atoms with Crippen LogP contribution in [0.5, 0.6) is 0 Å². The van der Waals surface area contributed by atoms with Gasteiger partial charge in [-0.25, -0.2) is 0 Å². The van der Waals surface area contributed by atoms with Crippen LogP contribution in [0.1, 0.15) is 22.3 Å². The third-order valence-corrected chi connectivity index (χ3v) is 2.96. The second kappa shape index (κ2) is 7.61. The number of benzene rings is 1. The summed E-state index contributed by atoms with van der Waals surface area (Å²) in [5.41, 5.74) is -0.891. The molecule has 1 aromatic rings. The van der Waals surface area contributed by atoms with Gasteiger partial charge in [0.2, 0.25) is 5.91 Å². The molecule has 0 aliphatic rings. The molecule has 0 bridgehead atoms. The molecule has 0 saturated carbocycles. The lowest BCUT2D eigenvalue weighted by atomic mass is 10.1. The Morgan fingerprint density at radius 2 is 1.74 bits per heavy atom. The van der Waals surface area contributed by atoms with Crippen molar-refractivity contribution in [3.63, 3.8) is 0 Å². The second-order valence-electron chi connectivity index (χ2n) is 4.72. The van der Waals surface area contributed by atoms with Gasteiger partial charge in [-0.05, 0) is 24.3 Å². The fourth-order valence-electron chi connectivity index (χ4n) is 1.59. The van der Waals surface area contributed by atoms with Crippen molar-refractivity contribution < 1.29 is 32.7 Å². The van der Waals surface area contributed by atoms with Crippen LogP contribution in [0.25, 0.3) is 0 Å². The molecular weight excluding hydrogens is 317 g/mol. The van der Waals surface area contributed by atoms with E-state index in [4.69, 9.17) is 5.11 Å². The highest BCUT2D eigenvalue weighted by molar-refractivity contribution is 5.96. The summed E-state index contributed by atoms with van der Waals surface area (Å²) in [6.45, 7) is -0.389. The number of carboxylic acid groups (broad SMARTS) is 1. The molecule has 0 unspecified atom stereocenters. The monoisotopic (exact) mass is 332 g/mol. The van der Waals surface area contributed by atoms with E-state index in [0.29, 0.717) is 0 Å². The molecule has 1 aromatic carbocycles. The molecule has 0 radical (unpaired) electrons. The average Bonchev–Trinajstić information content (AvgIpc) is 2.49. The number of aliphatic carboxylic acids is 1. The van der Waals surface area contributed by atoms with E-state index in [2.05, 4.69) is 5.32 Å². The van der Waals surface area contributed by atoms with Gasteiger partial charge >= 0.3 is 12.1 Å². The molecular formula is C14H15F3N2O4. The van der Waals surface area contributed by atoms with Crippen molar-refractivity contribution >= 4 is 17.8 Å². The first-order valence-electron chi connectivity index (χ1n) is 6.52. The van der Waals surface area contributed by atoms with Crippen LogP contribution < -0.4 is 5.32 Å². The zero-order valence-electron chi connectivity index (χ0n) is 12.2. The fraction of sp³-hybridized carbons (Fsp3) is 0.357. The first kappa shape index (κ1) is 18.5.